The molecule has 0 bridgehead atoms. The Labute approximate surface area is 167 Å². The lowest BCUT2D eigenvalue weighted by Gasteiger charge is -2.14. The Kier molecular flexibility index (Phi) is 7.61. The lowest BCUT2D eigenvalue weighted by molar-refractivity contribution is -0.385. The van der Waals surface area contributed by atoms with Crippen molar-refractivity contribution < 1.29 is 33.4 Å². The van der Waals surface area contributed by atoms with Crippen LogP contribution in [-0.4, -0.2) is 52.5 Å². The van der Waals surface area contributed by atoms with E-state index >= 15 is 0 Å². The molecule has 1 N–H and O–H groups in total. The van der Waals surface area contributed by atoms with Crippen molar-refractivity contribution in [3.05, 3.63) is 46.0 Å². The number of nitrogens with zero attached hydrogens (tertiary/aromatic N) is 1. The minimum atomic E-state index is -0.718. The Morgan fingerprint density at radius 1 is 0.966 bits per heavy atom. The fourth-order valence-electron chi connectivity index (χ4n) is 2.49. The van der Waals surface area contributed by atoms with E-state index in [0.29, 0.717) is 17.2 Å². The first-order valence-corrected chi connectivity index (χ1v) is 8.46. The third-order valence-corrected chi connectivity index (χ3v) is 3.92. The van der Waals surface area contributed by atoms with Crippen LogP contribution < -0.4 is 24.3 Å². The van der Waals surface area contributed by atoms with Crippen molar-refractivity contribution in [3.63, 3.8) is 0 Å². The lowest BCUT2D eigenvalue weighted by Crippen LogP contribution is -2.15. The Morgan fingerprint density at radius 3 is 2.28 bits per heavy atom. The number of nitro benzene ring substituents is 1. The maximum Gasteiger partial charge on any atom is 0.286 e. The Bertz CT molecular complexity index is 885. The van der Waals surface area contributed by atoms with Gasteiger partial charge in [-0.05, 0) is 12.1 Å². The molecule has 0 heterocycles. The number of amides is 1. The lowest BCUT2D eigenvalue weighted by atomic mass is 10.1. The van der Waals surface area contributed by atoms with Gasteiger partial charge in [0.15, 0.2) is 11.5 Å². The molecule has 0 radical (unpaired) electrons. The van der Waals surface area contributed by atoms with Gasteiger partial charge in [0.2, 0.25) is 0 Å². The number of anilines is 1. The van der Waals surface area contributed by atoms with Crippen LogP contribution in [-0.2, 0) is 4.74 Å². The predicted octanol–water partition coefficient (Wildman–Crippen LogP) is 2.90. The Morgan fingerprint density at radius 2 is 1.69 bits per heavy atom. The summed E-state index contributed by atoms with van der Waals surface area (Å²) in [5, 5.41) is 14.1. The van der Waals surface area contributed by atoms with E-state index in [1.165, 1.54) is 34.5 Å². The van der Waals surface area contributed by atoms with Crippen molar-refractivity contribution in [3.8, 4) is 23.0 Å². The number of methoxy groups -OCH3 is 4. The van der Waals surface area contributed by atoms with Crippen LogP contribution in [0.5, 0.6) is 23.0 Å². The third kappa shape index (κ3) is 5.26. The van der Waals surface area contributed by atoms with Gasteiger partial charge in [0.25, 0.3) is 11.6 Å². The second kappa shape index (κ2) is 10.1. The quantitative estimate of drug-likeness (QED) is 0.363. The van der Waals surface area contributed by atoms with Gasteiger partial charge in [0.05, 0.1) is 44.6 Å². The number of hydrogen-bond acceptors (Lipinski definition) is 8. The molecule has 2 rings (SSSR count). The molecule has 0 saturated carbocycles. The van der Waals surface area contributed by atoms with E-state index in [-0.39, 0.29) is 30.3 Å². The van der Waals surface area contributed by atoms with E-state index in [0.717, 1.165) is 6.07 Å². The number of carbonyl (C=O) groups excluding carboxylic acids is 1. The van der Waals surface area contributed by atoms with E-state index in [2.05, 4.69) is 5.32 Å². The number of nitro groups is 1. The van der Waals surface area contributed by atoms with Crippen LogP contribution in [0.4, 0.5) is 11.4 Å². The largest absolute Gasteiger partial charge is 0.497 e. The highest BCUT2D eigenvalue weighted by Crippen LogP contribution is 2.36. The molecule has 29 heavy (non-hydrogen) atoms. The molecule has 0 spiro atoms. The second-order valence-electron chi connectivity index (χ2n) is 5.64. The Hall–Kier alpha value is -3.53. The molecule has 0 aliphatic rings. The van der Waals surface area contributed by atoms with Crippen molar-refractivity contribution in [1.29, 1.82) is 0 Å². The number of rotatable bonds is 10. The van der Waals surface area contributed by atoms with Gasteiger partial charge >= 0.3 is 0 Å². The molecule has 0 aromatic heterocycles. The summed E-state index contributed by atoms with van der Waals surface area (Å²) in [4.78, 5) is 23.7. The molecule has 0 aliphatic heterocycles. The number of nitrogens with one attached hydrogen (secondary N) is 1. The molecule has 0 saturated heterocycles. The standard InChI is InChI=1S/C19H22N2O8/c1-25-7-8-29-18-11-15(21(23)24)13(10-17(18)28-4)19(22)20-14-9-12(26-2)5-6-16(14)27-3/h5-6,9-11H,7-8H2,1-4H3,(H,20,22). The molecule has 0 atom stereocenters. The van der Waals surface area contributed by atoms with Gasteiger partial charge in [-0.2, -0.15) is 0 Å². The molecule has 10 nitrogen and oxygen atoms in total. The predicted molar refractivity (Wildman–Crippen MR) is 105 cm³/mol. The molecule has 0 unspecified atom stereocenters. The van der Waals surface area contributed by atoms with Crippen molar-refractivity contribution in [2.75, 3.05) is 47.0 Å². The monoisotopic (exact) mass is 406 g/mol. The van der Waals surface area contributed by atoms with Gasteiger partial charge in [-0.25, -0.2) is 0 Å². The Balaban J connectivity index is 2.42. The van der Waals surface area contributed by atoms with Crippen LogP contribution in [0.3, 0.4) is 0 Å². The van der Waals surface area contributed by atoms with Crippen LogP contribution in [0.2, 0.25) is 0 Å². The van der Waals surface area contributed by atoms with E-state index in [1.807, 2.05) is 0 Å². The summed E-state index contributed by atoms with van der Waals surface area (Å²) in [6.45, 7) is 0.450. The van der Waals surface area contributed by atoms with Gasteiger partial charge in [-0.3, -0.25) is 14.9 Å². The van der Waals surface area contributed by atoms with Gasteiger partial charge in [-0.15, -0.1) is 0 Å². The minimum absolute atomic E-state index is 0.131. The number of benzene rings is 2. The molecule has 0 fully saturated rings. The molecular weight excluding hydrogens is 384 g/mol. The third-order valence-electron chi connectivity index (χ3n) is 3.92. The fraction of sp³-hybridized carbons (Fsp3) is 0.316. The van der Waals surface area contributed by atoms with E-state index < -0.39 is 16.5 Å². The summed E-state index contributed by atoms with van der Waals surface area (Å²) in [5.41, 5.74) is -0.334. The zero-order valence-corrected chi connectivity index (χ0v) is 16.5. The van der Waals surface area contributed by atoms with Gasteiger partial charge in [0, 0.05) is 19.2 Å². The minimum Gasteiger partial charge on any atom is -0.497 e. The highest BCUT2D eigenvalue weighted by Gasteiger charge is 2.25. The van der Waals surface area contributed by atoms with Gasteiger partial charge in [0.1, 0.15) is 23.7 Å². The van der Waals surface area contributed by atoms with Crippen molar-refractivity contribution in [2.45, 2.75) is 0 Å². The second-order valence-corrected chi connectivity index (χ2v) is 5.64. The van der Waals surface area contributed by atoms with Crippen LogP contribution in [0.1, 0.15) is 10.4 Å². The normalized spacial score (nSPS) is 10.2. The first-order valence-electron chi connectivity index (χ1n) is 8.46. The topological polar surface area (TPSA) is 118 Å². The molecule has 2 aromatic carbocycles. The fourth-order valence-corrected chi connectivity index (χ4v) is 2.49. The number of carbonyl (C=O) groups is 1. The van der Waals surface area contributed by atoms with Crippen LogP contribution >= 0.6 is 0 Å². The zero-order chi connectivity index (χ0) is 21.4. The molecule has 2 aromatic rings. The summed E-state index contributed by atoms with van der Waals surface area (Å²) in [7, 11) is 5.79. The summed E-state index contributed by atoms with van der Waals surface area (Å²) < 4.78 is 25.9. The molecule has 1 amide bonds. The van der Waals surface area contributed by atoms with Crippen LogP contribution in [0, 0.1) is 10.1 Å². The maximum absolute atomic E-state index is 12.8. The molecule has 0 aliphatic carbocycles. The van der Waals surface area contributed by atoms with E-state index in [1.54, 1.807) is 18.2 Å². The summed E-state index contributed by atoms with van der Waals surface area (Å²) in [6, 6.07) is 7.21. The number of hydrogen-bond donors (Lipinski definition) is 1. The van der Waals surface area contributed by atoms with Gasteiger partial charge in [-0.1, -0.05) is 0 Å². The summed E-state index contributed by atoms with van der Waals surface area (Å²) >= 11 is 0. The average Bonchev–Trinajstić information content (AvgIpc) is 2.73. The first kappa shape index (κ1) is 21.8. The smallest absolute Gasteiger partial charge is 0.286 e. The maximum atomic E-state index is 12.8. The molecule has 10 heteroatoms. The van der Waals surface area contributed by atoms with Crippen molar-refractivity contribution >= 4 is 17.3 Å². The highest BCUT2D eigenvalue weighted by atomic mass is 16.6. The summed E-state index contributed by atoms with van der Waals surface area (Å²) in [6.07, 6.45) is 0. The van der Waals surface area contributed by atoms with Crippen molar-refractivity contribution in [2.24, 2.45) is 0 Å². The number of ether oxygens (including phenoxy) is 5. The highest BCUT2D eigenvalue weighted by molar-refractivity contribution is 6.08. The van der Waals surface area contributed by atoms with E-state index in [9.17, 15) is 14.9 Å². The first-order chi connectivity index (χ1) is 13.9. The zero-order valence-electron chi connectivity index (χ0n) is 16.5. The van der Waals surface area contributed by atoms with Crippen LogP contribution in [0.25, 0.3) is 0 Å². The van der Waals surface area contributed by atoms with Crippen LogP contribution in [0.15, 0.2) is 30.3 Å². The van der Waals surface area contributed by atoms with Crippen molar-refractivity contribution in [1.82, 2.24) is 0 Å². The summed E-state index contributed by atoms with van der Waals surface area (Å²) in [5.74, 6) is 0.439. The molecular formula is C19H22N2O8. The van der Waals surface area contributed by atoms with Gasteiger partial charge < -0.3 is 29.0 Å². The van der Waals surface area contributed by atoms with E-state index in [4.69, 9.17) is 23.7 Å². The average molecular weight is 406 g/mol. The SMILES string of the molecule is COCCOc1cc([N+](=O)[O-])c(C(=O)Nc2cc(OC)ccc2OC)cc1OC. The molecule has 156 valence electrons.